The van der Waals surface area contributed by atoms with E-state index in [9.17, 15) is 4.79 Å². The first kappa shape index (κ1) is 12.0. The Morgan fingerprint density at radius 3 is 2.76 bits per heavy atom. The molecule has 92 valence electrons. The van der Waals surface area contributed by atoms with Gasteiger partial charge >= 0.3 is 5.97 Å². The number of hydrogen-bond acceptors (Lipinski definition) is 4. The Balaban J connectivity index is 1.73. The van der Waals surface area contributed by atoms with Crippen LogP contribution in [-0.2, 0) is 6.54 Å². The summed E-state index contributed by atoms with van der Waals surface area (Å²) in [5, 5.41) is 21.1. The summed E-state index contributed by atoms with van der Waals surface area (Å²) in [4.78, 5) is 14.7. The highest BCUT2D eigenvalue weighted by Crippen LogP contribution is 2.26. The van der Waals surface area contributed by atoms with Crippen LogP contribution in [0, 0.1) is 5.92 Å². The van der Waals surface area contributed by atoms with Crippen LogP contribution in [0.4, 0.5) is 0 Å². The van der Waals surface area contributed by atoms with Gasteiger partial charge in [0.25, 0.3) is 0 Å². The zero-order chi connectivity index (χ0) is 12.3. The van der Waals surface area contributed by atoms with Gasteiger partial charge in [0.2, 0.25) is 0 Å². The number of carbonyl (C=O) groups is 1. The molecule has 0 bridgehead atoms. The summed E-state index contributed by atoms with van der Waals surface area (Å²) in [6, 6.07) is 3.27. The van der Waals surface area contributed by atoms with E-state index < -0.39 is 5.97 Å². The number of aromatic carboxylic acids is 1. The van der Waals surface area contributed by atoms with Crippen molar-refractivity contribution in [2.45, 2.75) is 25.5 Å². The number of pyridine rings is 1. The van der Waals surface area contributed by atoms with Gasteiger partial charge in [-0.15, -0.1) is 0 Å². The third-order valence-electron chi connectivity index (χ3n) is 3.02. The number of aliphatic hydroxyl groups is 1. The lowest BCUT2D eigenvalue weighted by atomic mass is 9.82. The molecule has 0 unspecified atom stereocenters. The maximum atomic E-state index is 10.6. The van der Waals surface area contributed by atoms with E-state index in [1.807, 2.05) is 0 Å². The van der Waals surface area contributed by atoms with Gasteiger partial charge in [-0.2, -0.15) is 0 Å². The first-order chi connectivity index (χ1) is 8.15. The van der Waals surface area contributed by atoms with Crippen molar-refractivity contribution >= 4 is 5.97 Å². The van der Waals surface area contributed by atoms with Crippen LogP contribution in [-0.4, -0.2) is 33.8 Å². The second-order valence-corrected chi connectivity index (χ2v) is 4.47. The van der Waals surface area contributed by atoms with Gasteiger partial charge in [-0.05, 0) is 37.4 Å². The summed E-state index contributed by atoms with van der Waals surface area (Å²) in [5.41, 5.74) is 1.03. The molecule has 0 atom stereocenters. The Kier molecular flexibility index (Phi) is 3.71. The van der Waals surface area contributed by atoms with Crippen LogP contribution in [0.1, 0.15) is 28.9 Å². The highest BCUT2D eigenvalue weighted by Gasteiger charge is 2.26. The van der Waals surface area contributed by atoms with Crippen molar-refractivity contribution in [2.24, 2.45) is 5.92 Å². The van der Waals surface area contributed by atoms with Crippen molar-refractivity contribution in [1.29, 1.82) is 0 Å². The van der Waals surface area contributed by atoms with E-state index in [1.54, 1.807) is 12.1 Å². The average Bonchev–Trinajstić information content (AvgIpc) is 2.27. The molecular formula is C12H16N2O3. The molecule has 0 amide bonds. The van der Waals surface area contributed by atoms with E-state index in [2.05, 4.69) is 10.3 Å². The minimum absolute atomic E-state index is 0.116. The minimum atomic E-state index is -0.958. The standard InChI is InChI=1S/C12H16N2O3/c15-11-3-8(4-11)5-13-7-10-2-1-9(6-14-10)12(16)17/h1-2,6,8,11,13,15H,3-5,7H2,(H,16,17). The van der Waals surface area contributed by atoms with Crippen LogP contribution in [0.15, 0.2) is 18.3 Å². The third-order valence-corrected chi connectivity index (χ3v) is 3.02. The van der Waals surface area contributed by atoms with E-state index in [0.717, 1.165) is 25.1 Å². The van der Waals surface area contributed by atoms with Gasteiger partial charge in [-0.3, -0.25) is 4.98 Å². The molecule has 0 aromatic carbocycles. The molecule has 5 nitrogen and oxygen atoms in total. The first-order valence-corrected chi connectivity index (χ1v) is 5.72. The normalized spacial score (nSPS) is 23.1. The topological polar surface area (TPSA) is 82.5 Å². The molecule has 1 aliphatic rings. The SMILES string of the molecule is O=C(O)c1ccc(CNCC2CC(O)C2)nc1. The molecule has 1 aliphatic carbocycles. The van der Waals surface area contributed by atoms with Crippen molar-refractivity contribution in [1.82, 2.24) is 10.3 Å². The highest BCUT2D eigenvalue weighted by atomic mass is 16.4. The van der Waals surface area contributed by atoms with Crippen molar-refractivity contribution in [3.8, 4) is 0 Å². The highest BCUT2D eigenvalue weighted by molar-refractivity contribution is 5.87. The molecule has 1 fully saturated rings. The van der Waals surface area contributed by atoms with Crippen LogP contribution in [0.25, 0.3) is 0 Å². The molecule has 1 saturated carbocycles. The van der Waals surface area contributed by atoms with Crippen LogP contribution in [0.2, 0.25) is 0 Å². The van der Waals surface area contributed by atoms with Gasteiger partial charge < -0.3 is 15.5 Å². The summed E-state index contributed by atoms with van der Waals surface area (Å²) >= 11 is 0. The fourth-order valence-electron chi connectivity index (χ4n) is 1.93. The van der Waals surface area contributed by atoms with Crippen LogP contribution in [0.5, 0.6) is 0 Å². The van der Waals surface area contributed by atoms with Crippen LogP contribution in [0.3, 0.4) is 0 Å². The quantitative estimate of drug-likeness (QED) is 0.699. The smallest absolute Gasteiger partial charge is 0.337 e. The van der Waals surface area contributed by atoms with Gasteiger partial charge in [-0.1, -0.05) is 0 Å². The van der Waals surface area contributed by atoms with Crippen molar-refractivity contribution in [3.63, 3.8) is 0 Å². The Morgan fingerprint density at radius 1 is 1.47 bits per heavy atom. The van der Waals surface area contributed by atoms with E-state index in [-0.39, 0.29) is 11.7 Å². The van der Waals surface area contributed by atoms with Gasteiger partial charge in [-0.25, -0.2) is 4.79 Å². The van der Waals surface area contributed by atoms with Gasteiger partial charge in [0, 0.05) is 12.7 Å². The van der Waals surface area contributed by atoms with E-state index in [1.165, 1.54) is 6.20 Å². The molecule has 17 heavy (non-hydrogen) atoms. The Hall–Kier alpha value is -1.46. The fourth-order valence-corrected chi connectivity index (χ4v) is 1.93. The zero-order valence-electron chi connectivity index (χ0n) is 9.47. The maximum absolute atomic E-state index is 10.6. The molecule has 0 radical (unpaired) electrons. The number of nitrogens with one attached hydrogen (secondary N) is 1. The molecule has 0 aliphatic heterocycles. The number of hydrogen-bond donors (Lipinski definition) is 3. The Morgan fingerprint density at radius 2 is 2.24 bits per heavy atom. The number of aliphatic hydroxyl groups excluding tert-OH is 1. The summed E-state index contributed by atoms with van der Waals surface area (Å²) in [6.45, 7) is 1.51. The lowest BCUT2D eigenvalue weighted by Gasteiger charge is -2.31. The Bertz CT molecular complexity index is 385. The van der Waals surface area contributed by atoms with Gasteiger partial charge in [0.15, 0.2) is 0 Å². The van der Waals surface area contributed by atoms with E-state index >= 15 is 0 Å². The van der Waals surface area contributed by atoms with Crippen molar-refractivity contribution in [3.05, 3.63) is 29.6 Å². The molecule has 5 heteroatoms. The molecule has 1 aromatic heterocycles. The van der Waals surface area contributed by atoms with E-state index in [4.69, 9.17) is 10.2 Å². The molecule has 0 saturated heterocycles. The molecule has 3 N–H and O–H groups in total. The molecule has 2 rings (SSSR count). The maximum Gasteiger partial charge on any atom is 0.337 e. The van der Waals surface area contributed by atoms with Gasteiger partial charge in [0.1, 0.15) is 0 Å². The lowest BCUT2D eigenvalue weighted by Crippen LogP contribution is -2.36. The number of carboxylic acid groups (broad SMARTS) is 1. The summed E-state index contributed by atoms with van der Waals surface area (Å²) in [7, 11) is 0. The van der Waals surface area contributed by atoms with Crippen LogP contribution < -0.4 is 5.32 Å². The molecule has 1 aromatic rings. The first-order valence-electron chi connectivity index (χ1n) is 5.72. The third kappa shape index (κ3) is 3.25. The lowest BCUT2D eigenvalue weighted by molar-refractivity contribution is 0.0429. The van der Waals surface area contributed by atoms with Crippen LogP contribution >= 0.6 is 0 Å². The minimum Gasteiger partial charge on any atom is -0.478 e. The zero-order valence-corrected chi connectivity index (χ0v) is 9.47. The Labute approximate surface area is 99.5 Å². The predicted molar refractivity (Wildman–Crippen MR) is 61.6 cm³/mol. The number of rotatable bonds is 5. The largest absolute Gasteiger partial charge is 0.478 e. The van der Waals surface area contributed by atoms with E-state index in [0.29, 0.717) is 12.5 Å². The van der Waals surface area contributed by atoms with Crippen molar-refractivity contribution < 1.29 is 15.0 Å². The second kappa shape index (κ2) is 5.25. The molecule has 1 heterocycles. The summed E-state index contributed by atoms with van der Waals surface area (Å²) < 4.78 is 0. The predicted octanol–water partition coefficient (Wildman–Crippen LogP) is 0.640. The van der Waals surface area contributed by atoms with Gasteiger partial charge in [0.05, 0.1) is 17.4 Å². The number of aromatic nitrogens is 1. The van der Waals surface area contributed by atoms with Crippen molar-refractivity contribution in [2.75, 3.05) is 6.54 Å². The monoisotopic (exact) mass is 236 g/mol. The fraction of sp³-hybridized carbons (Fsp3) is 0.500. The summed E-state index contributed by atoms with van der Waals surface area (Å²) in [6.07, 6.45) is 3.00. The second-order valence-electron chi connectivity index (χ2n) is 4.47. The number of nitrogens with zero attached hydrogens (tertiary/aromatic N) is 1. The summed E-state index contributed by atoms with van der Waals surface area (Å²) in [5.74, 6) is -0.399. The molecule has 0 spiro atoms. The number of carboxylic acids is 1. The average molecular weight is 236 g/mol. The molecular weight excluding hydrogens is 220 g/mol.